The molecule has 1 atom stereocenters. The summed E-state index contributed by atoms with van der Waals surface area (Å²) in [5.74, 6) is -2.71. The van der Waals surface area contributed by atoms with Gasteiger partial charge in [-0.25, -0.2) is 12.8 Å². The maximum absolute atomic E-state index is 13.8. The molecule has 158 valence electrons. The zero-order chi connectivity index (χ0) is 21.8. The lowest BCUT2D eigenvalue weighted by Gasteiger charge is -2.22. The second-order valence-electron chi connectivity index (χ2n) is 6.33. The number of halogens is 4. The van der Waals surface area contributed by atoms with E-state index in [1.165, 1.54) is 24.3 Å². The van der Waals surface area contributed by atoms with Gasteiger partial charge in [0.05, 0.1) is 0 Å². The Morgan fingerprint density at radius 1 is 1.03 bits per heavy atom. The highest BCUT2D eigenvalue weighted by atomic mass is 32.2. The minimum Gasteiger partial charge on any atom is -0.406 e. The van der Waals surface area contributed by atoms with Gasteiger partial charge in [-0.2, -0.15) is 4.72 Å². The Morgan fingerprint density at radius 2 is 1.62 bits per heavy atom. The Morgan fingerprint density at radius 3 is 2.14 bits per heavy atom. The van der Waals surface area contributed by atoms with Crippen LogP contribution in [0.3, 0.4) is 0 Å². The van der Waals surface area contributed by atoms with Gasteiger partial charge in [-0.3, -0.25) is 4.79 Å². The van der Waals surface area contributed by atoms with Crippen LogP contribution in [-0.4, -0.2) is 26.7 Å². The summed E-state index contributed by atoms with van der Waals surface area (Å²) in [5.41, 5.74) is 0.125. The van der Waals surface area contributed by atoms with Gasteiger partial charge >= 0.3 is 6.36 Å². The summed E-state index contributed by atoms with van der Waals surface area (Å²) < 4.78 is 81.2. The van der Waals surface area contributed by atoms with Crippen LogP contribution in [0.15, 0.2) is 53.4 Å². The molecular formula is C18H18F4N2O4S. The largest absolute Gasteiger partial charge is 0.573 e. The van der Waals surface area contributed by atoms with Crippen molar-refractivity contribution < 1.29 is 35.5 Å². The number of rotatable bonds is 7. The van der Waals surface area contributed by atoms with Gasteiger partial charge in [0.2, 0.25) is 15.9 Å². The Kier molecular flexibility index (Phi) is 6.85. The highest BCUT2D eigenvalue weighted by molar-refractivity contribution is 7.89. The molecule has 0 aromatic heterocycles. The van der Waals surface area contributed by atoms with E-state index in [2.05, 4.69) is 14.8 Å². The van der Waals surface area contributed by atoms with Crippen LogP contribution >= 0.6 is 0 Å². The fourth-order valence-electron chi connectivity index (χ4n) is 2.35. The van der Waals surface area contributed by atoms with Gasteiger partial charge in [0.1, 0.15) is 22.5 Å². The van der Waals surface area contributed by atoms with Gasteiger partial charge in [0, 0.05) is 5.69 Å². The monoisotopic (exact) mass is 434 g/mol. The SMILES string of the molecule is CC(C)C(NS(=O)(=O)c1ccccc1F)C(=O)Nc1ccc(OC(F)(F)F)cc1. The van der Waals surface area contributed by atoms with Gasteiger partial charge < -0.3 is 10.1 Å². The summed E-state index contributed by atoms with van der Waals surface area (Å²) in [4.78, 5) is 11.9. The van der Waals surface area contributed by atoms with E-state index in [0.29, 0.717) is 0 Å². The first kappa shape index (κ1) is 22.6. The number of ether oxygens (including phenoxy) is 1. The maximum atomic E-state index is 13.8. The third-order valence-electron chi connectivity index (χ3n) is 3.71. The molecule has 0 fully saturated rings. The van der Waals surface area contributed by atoms with E-state index in [0.717, 1.165) is 24.3 Å². The lowest BCUT2D eigenvalue weighted by Crippen LogP contribution is -2.47. The Balaban J connectivity index is 2.15. The average Bonchev–Trinajstić information content (AvgIpc) is 2.60. The number of anilines is 1. The number of carbonyl (C=O) groups is 1. The van der Waals surface area contributed by atoms with Crippen molar-refractivity contribution in [2.45, 2.75) is 31.1 Å². The van der Waals surface area contributed by atoms with Crippen molar-refractivity contribution in [3.8, 4) is 5.75 Å². The first-order valence-electron chi connectivity index (χ1n) is 8.32. The van der Waals surface area contributed by atoms with Crippen molar-refractivity contribution in [1.29, 1.82) is 0 Å². The van der Waals surface area contributed by atoms with E-state index < -0.39 is 50.7 Å². The Bertz CT molecular complexity index is 961. The van der Waals surface area contributed by atoms with Gasteiger partial charge in [0.15, 0.2) is 0 Å². The van der Waals surface area contributed by atoms with Crippen molar-refractivity contribution in [2.75, 3.05) is 5.32 Å². The molecule has 0 saturated heterocycles. The second kappa shape index (κ2) is 8.78. The molecule has 0 spiro atoms. The van der Waals surface area contributed by atoms with E-state index >= 15 is 0 Å². The summed E-state index contributed by atoms with van der Waals surface area (Å²) in [6.07, 6.45) is -4.85. The van der Waals surface area contributed by atoms with Gasteiger partial charge in [-0.05, 0) is 42.3 Å². The fourth-order valence-corrected chi connectivity index (χ4v) is 3.77. The van der Waals surface area contributed by atoms with Crippen molar-refractivity contribution in [1.82, 2.24) is 4.72 Å². The summed E-state index contributed by atoms with van der Waals surface area (Å²) >= 11 is 0. The number of sulfonamides is 1. The summed E-state index contributed by atoms with van der Waals surface area (Å²) in [5, 5.41) is 2.41. The molecule has 0 radical (unpaired) electrons. The predicted molar refractivity (Wildman–Crippen MR) is 97.1 cm³/mol. The van der Waals surface area contributed by atoms with Gasteiger partial charge in [-0.1, -0.05) is 26.0 Å². The summed E-state index contributed by atoms with van der Waals surface area (Å²) in [6.45, 7) is 3.16. The second-order valence-corrected chi connectivity index (χ2v) is 8.02. The molecular weight excluding hydrogens is 416 g/mol. The number of amides is 1. The molecule has 2 N–H and O–H groups in total. The van der Waals surface area contributed by atoms with Crippen LogP contribution in [0, 0.1) is 11.7 Å². The molecule has 0 saturated carbocycles. The van der Waals surface area contributed by atoms with Crippen LogP contribution in [-0.2, 0) is 14.8 Å². The molecule has 2 rings (SSSR count). The van der Waals surface area contributed by atoms with E-state index in [1.54, 1.807) is 13.8 Å². The third kappa shape index (κ3) is 6.43. The van der Waals surface area contributed by atoms with E-state index in [1.807, 2.05) is 0 Å². The highest BCUT2D eigenvalue weighted by Crippen LogP contribution is 2.24. The van der Waals surface area contributed by atoms with Gasteiger partial charge in [0.25, 0.3) is 0 Å². The summed E-state index contributed by atoms with van der Waals surface area (Å²) in [7, 11) is -4.33. The normalized spacial score (nSPS) is 13.2. The van der Waals surface area contributed by atoms with E-state index in [9.17, 15) is 30.8 Å². The minimum atomic E-state index is -4.85. The van der Waals surface area contributed by atoms with Crippen molar-refractivity contribution in [3.05, 3.63) is 54.3 Å². The van der Waals surface area contributed by atoms with Crippen LogP contribution in [0.25, 0.3) is 0 Å². The molecule has 2 aromatic rings. The lowest BCUT2D eigenvalue weighted by atomic mass is 10.0. The number of alkyl halides is 3. The predicted octanol–water partition coefficient (Wildman–Crippen LogP) is 3.67. The minimum absolute atomic E-state index is 0.125. The van der Waals surface area contributed by atoms with Crippen molar-refractivity contribution in [2.24, 2.45) is 5.92 Å². The third-order valence-corrected chi connectivity index (χ3v) is 5.19. The van der Waals surface area contributed by atoms with Crippen LogP contribution in [0.2, 0.25) is 0 Å². The maximum Gasteiger partial charge on any atom is 0.573 e. The molecule has 0 bridgehead atoms. The number of hydrogen-bond donors (Lipinski definition) is 2. The first-order chi connectivity index (χ1) is 13.4. The molecule has 1 unspecified atom stereocenters. The number of benzene rings is 2. The number of hydrogen-bond acceptors (Lipinski definition) is 4. The molecule has 0 aliphatic carbocycles. The fraction of sp³-hybridized carbons (Fsp3) is 0.278. The smallest absolute Gasteiger partial charge is 0.406 e. The standard InChI is InChI=1S/C18H18F4N2O4S/c1-11(2)16(24-29(26,27)15-6-4-3-5-14(15)19)17(25)23-12-7-9-13(10-8-12)28-18(20,21)22/h3-11,16,24H,1-2H3,(H,23,25). The Hall–Kier alpha value is -2.66. The van der Waals surface area contributed by atoms with Crippen LogP contribution in [0.4, 0.5) is 23.2 Å². The first-order valence-corrected chi connectivity index (χ1v) is 9.81. The lowest BCUT2D eigenvalue weighted by molar-refractivity contribution is -0.274. The molecule has 6 nitrogen and oxygen atoms in total. The topological polar surface area (TPSA) is 84.5 Å². The van der Waals surface area contributed by atoms with Crippen LogP contribution in [0.5, 0.6) is 5.75 Å². The molecule has 11 heteroatoms. The zero-order valence-electron chi connectivity index (χ0n) is 15.3. The van der Waals surface area contributed by atoms with Crippen molar-refractivity contribution >= 4 is 21.6 Å². The highest BCUT2D eigenvalue weighted by Gasteiger charge is 2.31. The van der Waals surface area contributed by atoms with E-state index in [4.69, 9.17) is 0 Å². The molecule has 0 heterocycles. The van der Waals surface area contributed by atoms with Crippen molar-refractivity contribution in [3.63, 3.8) is 0 Å². The van der Waals surface area contributed by atoms with Crippen LogP contribution in [0.1, 0.15) is 13.8 Å². The van der Waals surface area contributed by atoms with Crippen LogP contribution < -0.4 is 14.8 Å². The molecule has 2 aromatic carbocycles. The van der Waals surface area contributed by atoms with E-state index in [-0.39, 0.29) is 5.69 Å². The zero-order valence-corrected chi connectivity index (χ0v) is 16.1. The molecule has 0 aliphatic heterocycles. The quantitative estimate of drug-likeness (QED) is 0.652. The molecule has 0 aliphatic rings. The number of carbonyl (C=O) groups excluding carboxylic acids is 1. The molecule has 29 heavy (non-hydrogen) atoms. The molecule has 1 amide bonds. The average molecular weight is 434 g/mol. The van der Waals surface area contributed by atoms with Gasteiger partial charge in [-0.15, -0.1) is 13.2 Å². The summed E-state index contributed by atoms with van der Waals surface area (Å²) in [6, 6.07) is 7.78. The Labute approximate surface area is 164 Å². The number of nitrogens with one attached hydrogen (secondary N) is 2.